The van der Waals surface area contributed by atoms with Gasteiger partial charge in [-0.05, 0) is 12.8 Å². The molecular weight excluding hydrogens is 268 g/mol. The van der Waals surface area contributed by atoms with E-state index in [-0.39, 0.29) is 18.5 Å². The Morgan fingerprint density at radius 2 is 2.11 bits per heavy atom. The van der Waals surface area contributed by atoms with Crippen molar-refractivity contribution < 1.29 is 4.74 Å². The number of rotatable bonds is 2. The molecule has 102 valence electrons. The molecule has 1 aliphatic carbocycles. The summed E-state index contributed by atoms with van der Waals surface area (Å²) < 4.78 is 5.75. The fourth-order valence-corrected chi connectivity index (χ4v) is 3.71. The molecule has 1 aromatic heterocycles. The van der Waals surface area contributed by atoms with E-state index in [0.717, 1.165) is 24.7 Å². The highest BCUT2D eigenvalue weighted by Gasteiger charge is 2.22. The smallest absolute Gasteiger partial charge is 0.123 e. The number of ether oxygens (including phenoxy) is 1. The van der Waals surface area contributed by atoms with Gasteiger partial charge in [0.05, 0.1) is 12.3 Å². The molecule has 2 fully saturated rings. The maximum absolute atomic E-state index is 5.75. The van der Waals surface area contributed by atoms with Crippen LogP contribution in [0.4, 0.5) is 0 Å². The van der Waals surface area contributed by atoms with Gasteiger partial charge in [-0.15, -0.1) is 23.7 Å². The summed E-state index contributed by atoms with van der Waals surface area (Å²) in [4.78, 5) is 4.81. The van der Waals surface area contributed by atoms with Crippen molar-refractivity contribution >= 4 is 23.7 Å². The van der Waals surface area contributed by atoms with Gasteiger partial charge in [-0.2, -0.15) is 0 Å². The summed E-state index contributed by atoms with van der Waals surface area (Å²) in [6.07, 6.45) is 6.99. The summed E-state index contributed by atoms with van der Waals surface area (Å²) in [5, 5.41) is 6.78. The quantitative estimate of drug-likeness (QED) is 0.907. The molecular formula is C13H21ClN2OS. The summed E-state index contributed by atoms with van der Waals surface area (Å²) in [5.74, 6) is 0.713. The van der Waals surface area contributed by atoms with Crippen LogP contribution in [0.1, 0.15) is 54.8 Å². The van der Waals surface area contributed by atoms with Crippen LogP contribution >= 0.6 is 23.7 Å². The molecule has 1 unspecified atom stereocenters. The highest BCUT2D eigenvalue weighted by molar-refractivity contribution is 7.09. The molecule has 0 amide bonds. The Hall–Kier alpha value is -0.160. The number of thiazole rings is 1. The minimum absolute atomic E-state index is 0. The summed E-state index contributed by atoms with van der Waals surface area (Å²) >= 11 is 1.77. The minimum atomic E-state index is 0. The van der Waals surface area contributed by atoms with E-state index in [1.165, 1.54) is 37.8 Å². The van der Waals surface area contributed by atoms with Crippen LogP contribution in [-0.4, -0.2) is 24.7 Å². The molecule has 2 aliphatic rings. The third-order valence-electron chi connectivity index (χ3n) is 3.77. The zero-order valence-corrected chi connectivity index (χ0v) is 12.2. The second-order valence-electron chi connectivity index (χ2n) is 5.01. The number of morpholine rings is 1. The van der Waals surface area contributed by atoms with Crippen molar-refractivity contribution in [2.75, 3.05) is 19.7 Å². The van der Waals surface area contributed by atoms with Crippen LogP contribution in [-0.2, 0) is 4.74 Å². The molecule has 3 nitrogen and oxygen atoms in total. The highest BCUT2D eigenvalue weighted by Crippen LogP contribution is 2.34. The second kappa shape index (κ2) is 6.85. The average Bonchev–Trinajstić information content (AvgIpc) is 2.90. The number of hydrogen-bond donors (Lipinski definition) is 1. The molecule has 0 radical (unpaired) electrons. The van der Waals surface area contributed by atoms with E-state index >= 15 is 0 Å². The van der Waals surface area contributed by atoms with E-state index in [1.54, 1.807) is 11.3 Å². The third-order valence-corrected chi connectivity index (χ3v) is 4.72. The lowest BCUT2D eigenvalue weighted by Gasteiger charge is -2.22. The largest absolute Gasteiger partial charge is 0.368 e. The molecule has 1 atom stereocenters. The van der Waals surface area contributed by atoms with Crippen LogP contribution in [0, 0.1) is 0 Å². The van der Waals surface area contributed by atoms with Crippen molar-refractivity contribution in [3.05, 3.63) is 16.1 Å². The van der Waals surface area contributed by atoms with Crippen LogP contribution in [0.15, 0.2) is 5.38 Å². The molecule has 1 saturated heterocycles. The van der Waals surface area contributed by atoms with Gasteiger partial charge in [-0.1, -0.05) is 19.3 Å². The Kier molecular flexibility index (Phi) is 5.42. The maximum atomic E-state index is 5.75. The van der Waals surface area contributed by atoms with E-state index in [4.69, 9.17) is 9.72 Å². The Labute approximate surface area is 119 Å². The normalized spacial score (nSPS) is 25.7. The minimum Gasteiger partial charge on any atom is -0.368 e. The molecule has 0 bridgehead atoms. The SMILES string of the molecule is Cl.c1sc(C2CNCCO2)nc1C1CCCCC1. The summed E-state index contributed by atoms with van der Waals surface area (Å²) in [7, 11) is 0. The van der Waals surface area contributed by atoms with E-state index in [1.807, 2.05) is 0 Å². The second-order valence-corrected chi connectivity index (χ2v) is 5.90. The Morgan fingerprint density at radius 1 is 1.28 bits per heavy atom. The standard InChI is InChI=1S/C13H20N2OS.ClH/c1-2-4-10(5-3-1)11-9-17-13(15-11)12-8-14-6-7-16-12;/h9-10,12,14H,1-8H2;1H. The summed E-state index contributed by atoms with van der Waals surface area (Å²) in [5.41, 5.74) is 1.32. The number of nitrogens with zero attached hydrogens (tertiary/aromatic N) is 1. The van der Waals surface area contributed by atoms with Crippen molar-refractivity contribution in [3.63, 3.8) is 0 Å². The van der Waals surface area contributed by atoms with Gasteiger partial charge in [-0.3, -0.25) is 0 Å². The monoisotopic (exact) mass is 288 g/mol. The predicted octanol–water partition coefficient (Wildman–Crippen LogP) is 3.27. The Bertz CT molecular complexity index is 327. The first-order valence-corrected chi connectivity index (χ1v) is 7.59. The maximum Gasteiger partial charge on any atom is 0.123 e. The Morgan fingerprint density at radius 3 is 2.83 bits per heavy atom. The lowest BCUT2D eigenvalue weighted by Crippen LogP contribution is -2.33. The molecule has 1 N–H and O–H groups in total. The average molecular weight is 289 g/mol. The van der Waals surface area contributed by atoms with E-state index < -0.39 is 0 Å². The van der Waals surface area contributed by atoms with Gasteiger partial charge in [-0.25, -0.2) is 4.98 Å². The van der Waals surface area contributed by atoms with Crippen LogP contribution < -0.4 is 5.32 Å². The first kappa shape index (κ1) is 14.3. The van der Waals surface area contributed by atoms with Gasteiger partial charge in [0.25, 0.3) is 0 Å². The van der Waals surface area contributed by atoms with Gasteiger partial charge in [0.15, 0.2) is 0 Å². The van der Waals surface area contributed by atoms with Crippen LogP contribution in [0.3, 0.4) is 0 Å². The molecule has 1 aliphatic heterocycles. The van der Waals surface area contributed by atoms with E-state index in [9.17, 15) is 0 Å². The van der Waals surface area contributed by atoms with E-state index in [0.29, 0.717) is 5.92 Å². The van der Waals surface area contributed by atoms with Gasteiger partial charge in [0.1, 0.15) is 11.1 Å². The molecule has 18 heavy (non-hydrogen) atoms. The highest BCUT2D eigenvalue weighted by atomic mass is 35.5. The fourth-order valence-electron chi connectivity index (χ4n) is 2.76. The van der Waals surface area contributed by atoms with Gasteiger partial charge >= 0.3 is 0 Å². The molecule has 0 aromatic carbocycles. The number of aromatic nitrogens is 1. The predicted molar refractivity (Wildman–Crippen MR) is 76.8 cm³/mol. The summed E-state index contributed by atoms with van der Waals surface area (Å²) in [6, 6.07) is 0. The first-order valence-electron chi connectivity index (χ1n) is 6.71. The molecule has 2 heterocycles. The fraction of sp³-hybridized carbons (Fsp3) is 0.769. The van der Waals surface area contributed by atoms with Crippen LogP contribution in [0.2, 0.25) is 0 Å². The van der Waals surface area contributed by atoms with Crippen LogP contribution in [0.5, 0.6) is 0 Å². The van der Waals surface area contributed by atoms with Gasteiger partial charge < -0.3 is 10.1 Å². The van der Waals surface area contributed by atoms with Crippen molar-refractivity contribution in [1.29, 1.82) is 0 Å². The molecule has 1 saturated carbocycles. The van der Waals surface area contributed by atoms with Crippen molar-refractivity contribution in [2.45, 2.75) is 44.1 Å². The summed E-state index contributed by atoms with van der Waals surface area (Å²) in [6.45, 7) is 2.69. The topological polar surface area (TPSA) is 34.1 Å². The number of halogens is 1. The third kappa shape index (κ3) is 3.23. The van der Waals surface area contributed by atoms with Gasteiger partial charge in [0, 0.05) is 24.4 Å². The first-order chi connectivity index (χ1) is 8.43. The van der Waals surface area contributed by atoms with Gasteiger partial charge in [0.2, 0.25) is 0 Å². The number of hydrogen-bond acceptors (Lipinski definition) is 4. The molecule has 0 spiro atoms. The molecule has 3 rings (SSSR count). The zero-order valence-electron chi connectivity index (χ0n) is 10.6. The van der Waals surface area contributed by atoms with Crippen molar-refractivity contribution in [3.8, 4) is 0 Å². The molecule has 5 heteroatoms. The lowest BCUT2D eigenvalue weighted by atomic mass is 9.87. The lowest BCUT2D eigenvalue weighted by molar-refractivity contribution is 0.0274. The Balaban J connectivity index is 0.00000120. The van der Waals surface area contributed by atoms with Crippen LogP contribution in [0.25, 0.3) is 0 Å². The van der Waals surface area contributed by atoms with Crippen molar-refractivity contribution in [1.82, 2.24) is 10.3 Å². The number of nitrogens with one attached hydrogen (secondary N) is 1. The van der Waals surface area contributed by atoms with Crippen molar-refractivity contribution in [2.24, 2.45) is 0 Å². The molecule has 1 aromatic rings. The zero-order chi connectivity index (χ0) is 11.5. The van der Waals surface area contributed by atoms with E-state index in [2.05, 4.69) is 10.7 Å².